The highest BCUT2D eigenvalue weighted by Crippen LogP contribution is 2.19. The quantitative estimate of drug-likeness (QED) is 0.481. The topological polar surface area (TPSA) is 0 Å². The summed E-state index contributed by atoms with van der Waals surface area (Å²) in [5.41, 5.74) is 0. The molecule has 0 saturated heterocycles. The molecule has 0 fully saturated rings. The Labute approximate surface area is 99.5 Å². The van der Waals surface area contributed by atoms with Gasteiger partial charge in [-0.25, -0.2) is 0 Å². The van der Waals surface area contributed by atoms with Crippen LogP contribution in [0.25, 0.3) is 0 Å². The monoisotopic (exact) mass is 228 g/mol. The largest absolute Gasteiger partial charge is 0.0654 e. The number of unbranched alkanes of at least 4 members (excludes halogenated alkanes) is 1. The molecule has 92 valence electrons. The molecule has 15 heavy (non-hydrogen) atoms. The van der Waals surface area contributed by atoms with E-state index in [2.05, 4.69) is 34.6 Å². The van der Waals surface area contributed by atoms with Crippen LogP contribution in [0.1, 0.15) is 60.3 Å². The lowest BCUT2D eigenvalue weighted by Crippen LogP contribution is -2.13. The smallest absolute Gasteiger partial charge is 0.0368 e. The van der Waals surface area contributed by atoms with Gasteiger partial charge < -0.3 is 0 Å². The minimum Gasteiger partial charge on any atom is -0.0654 e. The minimum absolute atomic E-state index is 0.364. The first-order valence-electron chi connectivity index (χ1n) is 7.06. The van der Waals surface area contributed by atoms with Crippen molar-refractivity contribution in [3.63, 3.8) is 0 Å². The fourth-order valence-corrected chi connectivity index (χ4v) is 6.19. The third-order valence-corrected chi connectivity index (χ3v) is 6.79. The van der Waals surface area contributed by atoms with Gasteiger partial charge >= 0.3 is 0 Å². The summed E-state index contributed by atoms with van der Waals surface area (Å²) < 4.78 is 0. The zero-order valence-electron chi connectivity index (χ0n) is 11.7. The van der Waals surface area contributed by atoms with Gasteiger partial charge in [0.2, 0.25) is 0 Å². The fourth-order valence-electron chi connectivity index (χ4n) is 2.06. The van der Waals surface area contributed by atoms with Crippen LogP contribution < -0.4 is 0 Å². The molecular weight excluding hydrogens is 196 g/mol. The summed E-state index contributed by atoms with van der Waals surface area (Å²) in [5.74, 6) is 1.83. The molecule has 0 aromatic rings. The molecule has 0 aromatic heterocycles. The maximum atomic E-state index is 2.37. The van der Waals surface area contributed by atoms with Crippen LogP contribution in [-0.2, 0) is 0 Å². The summed E-state index contributed by atoms with van der Waals surface area (Å²) >= 11 is 0. The maximum Gasteiger partial charge on any atom is 0.0368 e. The van der Waals surface area contributed by atoms with Crippen LogP contribution in [0.4, 0.5) is 0 Å². The van der Waals surface area contributed by atoms with E-state index >= 15 is 0 Å². The van der Waals surface area contributed by atoms with Crippen molar-refractivity contribution in [2.24, 2.45) is 11.8 Å². The highest BCUT2D eigenvalue weighted by Gasteiger charge is 2.11. The molecule has 0 atom stereocenters. The van der Waals surface area contributed by atoms with Gasteiger partial charge in [0, 0.05) is 8.80 Å². The first kappa shape index (κ1) is 15.2. The molecule has 0 heterocycles. The molecule has 0 aliphatic carbocycles. The van der Waals surface area contributed by atoms with Crippen LogP contribution in [-0.4, -0.2) is 8.80 Å². The minimum atomic E-state index is -0.364. The van der Waals surface area contributed by atoms with Gasteiger partial charge in [0.25, 0.3) is 0 Å². The molecule has 0 amide bonds. The maximum absolute atomic E-state index is 2.37. The molecule has 0 saturated carbocycles. The number of hydrogen-bond acceptors (Lipinski definition) is 0. The summed E-state index contributed by atoms with van der Waals surface area (Å²) in [6.07, 6.45) is 5.86. The molecule has 0 rings (SSSR count). The van der Waals surface area contributed by atoms with Gasteiger partial charge in [-0.1, -0.05) is 78.4 Å². The van der Waals surface area contributed by atoms with Crippen molar-refractivity contribution in [3.8, 4) is 0 Å². The van der Waals surface area contributed by atoms with E-state index in [1.54, 1.807) is 18.1 Å². The van der Waals surface area contributed by atoms with Crippen LogP contribution in [0, 0.1) is 11.8 Å². The zero-order valence-corrected chi connectivity index (χ0v) is 12.8. The van der Waals surface area contributed by atoms with Crippen LogP contribution in [0.5, 0.6) is 0 Å². The van der Waals surface area contributed by atoms with E-state index in [0.717, 1.165) is 11.8 Å². The lowest BCUT2D eigenvalue weighted by atomic mass is 10.2. The second-order valence-corrected chi connectivity index (χ2v) is 9.41. The summed E-state index contributed by atoms with van der Waals surface area (Å²) in [6.45, 7) is 11.8. The molecule has 0 aliphatic rings. The Morgan fingerprint density at radius 3 is 1.60 bits per heavy atom. The molecule has 0 radical (unpaired) electrons. The Bertz CT molecular complexity index is 117. The third kappa shape index (κ3) is 10.5. The molecule has 1 heteroatoms. The summed E-state index contributed by atoms with van der Waals surface area (Å²) in [4.78, 5) is 0. The standard InChI is InChI=1S/C14H32Si/c1-6-7-10-15(11-8-13(2)3)12-9-14(4)5/h13-15H,6-12H2,1-5H3. The second-order valence-electron chi connectivity index (χ2n) is 5.95. The molecule has 0 aromatic carbocycles. The van der Waals surface area contributed by atoms with E-state index in [4.69, 9.17) is 0 Å². The summed E-state index contributed by atoms with van der Waals surface area (Å²) in [6, 6.07) is 4.81. The van der Waals surface area contributed by atoms with Crippen LogP contribution in [0.3, 0.4) is 0 Å². The van der Waals surface area contributed by atoms with Crippen LogP contribution >= 0.6 is 0 Å². The SMILES string of the molecule is CCCC[SiH](CCC(C)C)CCC(C)C. The number of rotatable bonds is 9. The van der Waals surface area contributed by atoms with Crippen molar-refractivity contribution in [1.82, 2.24) is 0 Å². The Hall–Kier alpha value is 0.217. The molecular formula is C14H32Si. The number of hydrogen-bond donors (Lipinski definition) is 0. The average molecular weight is 228 g/mol. The Morgan fingerprint density at radius 2 is 1.27 bits per heavy atom. The van der Waals surface area contributed by atoms with Gasteiger partial charge in [-0.15, -0.1) is 0 Å². The highest BCUT2D eigenvalue weighted by molar-refractivity contribution is 6.58. The Morgan fingerprint density at radius 1 is 0.800 bits per heavy atom. The van der Waals surface area contributed by atoms with Gasteiger partial charge in [0.15, 0.2) is 0 Å². The molecule has 0 N–H and O–H groups in total. The van der Waals surface area contributed by atoms with Gasteiger partial charge in [0.05, 0.1) is 0 Å². The third-order valence-electron chi connectivity index (χ3n) is 3.27. The first-order valence-corrected chi connectivity index (χ1v) is 9.51. The van der Waals surface area contributed by atoms with Crippen molar-refractivity contribution in [1.29, 1.82) is 0 Å². The van der Waals surface area contributed by atoms with E-state index in [0.29, 0.717) is 0 Å². The molecule has 0 spiro atoms. The Balaban J connectivity index is 3.73. The van der Waals surface area contributed by atoms with Crippen LogP contribution in [0.2, 0.25) is 18.1 Å². The average Bonchev–Trinajstić information content (AvgIpc) is 2.16. The summed E-state index contributed by atoms with van der Waals surface area (Å²) in [7, 11) is -0.364. The van der Waals surface area contributed by atoms with Gasteiger partial charge in [-0.3, -0.25) is 0 Å². The highest BCUT2D eigenvalue weighted by atomic mass is 28.3. The van der Waals surface area contributed by atoms with Crippen molar-refractivity contribution in [3.05, 3.63) is 0 Å². The lowest BCUT2D eigenvalue weighted by molar-refractivity contribution is 0.604. The van der Waals surface area contributed by atoms with Gasteiger partial charge in [-0.05, 0) is 11.8 Å². The normalized spacial score (nSPS) is 12.0. The van der Waals surface area contributed by atoms with Crippen molar-refractivity contribution in [2.75, 3.05) is 0 Å². The van der Waals surface area contributed by atoms with Crippen molar-refractivity contribution >= 4 is 8.80 Å². The van der Waals surface area contributed by atoms with Crippen molar-refractivity contribution < 1.29 is 0 Å². The molecule has 0 unspecified atom stereocenters. The predicted molar refractivity (Wildman–Crippen MR) is 75.4 cm³/mol. The molecule has 0 bridgehead atoms. The van der Waals surface area contributed by atoms with E-state index in [9.17, 15) is 0 Å². The molecule has 0 aliphatic heterocycles. The molecule has 0 nitrogen and oxygen atoms in total. The summed E-state index contributed by atoms with van der Waals surface area (Å²) in [5, 5.41) is 0. The van der Waals surface area contributed by atoms with E-state index in [-0.39, 0.29) is 8.80 Å². The second kappa shape index (κ2) is 9.44. The van der Waals surface area contributed by atoms with Gasteiger partial charge in [0.1, 0.15) is 0 Å². The zero-order chi connectivity index (χ0) is 11.7. The lowest BCUT2D eigenvalue weighted by Gasteiger charge is -2.17. The fraction of sp³-hybridized carbons (Fsp3) is 1.00. The van der Waals surface area contributed by atoms with Crippen LogP contribution in [0.15, 0.2) is 0 Å². The van der Waals surface area contributed by atoms with Gasteiger partial charge in [-0.2, -0.15) is 0 Å². The van der Waals surface area contributed by atoms with E-state index < -0.39 is 0 Å². The van der Waals surface area contributed by atoms with E-state index in [1.807, 2.05) is 0 Å². The first-order chi connectivity index (χ1) is 7.06. The van der Waals surface area contributed by atoms with E-state index in [1.165, 1.54) is 25.7 Å². The Kier molecular flexibility index (Phi) is 9.58. The van der Waals surface area contributed by atoms with Crippen molar-refractivity contribution in [2.45, 2.75) is 78.4 Å². The predicted octanol–water partition coefficient (Wildman–Crippen LogP) is 5.11.